The first-order valence-corrected chi connectivity index (χ1v) is 9.88. The molecule has 0 spiro atoms. The Hall–Kier alpha value is -3.15. The van der Waals surface area contributed by atoms with Crippen molar-refractivity contribution in [1.29, 1.82) is 0 Å². The maximum Gasteiger partial charge on any atom is 0.269 e. The number of aromatic nitrogens is 2. The quantitative estimate of drug-likeness (QED) is 0.623. The van der Waals surface area contributed by atoms with E-state index in [1.54, 1.807) is 36.9 Å². The number of hydrogen-bond donors (Lipinski definition) is 3. The van der Waals surface area contributed by atoms with Crippen LogP contribution in [-0.2, 0) is 16.8 Å². The molecule has 0 radical (unpaired) electrons. The first-order chi connectivity index (χ1) is 14.1. The third-order valence-electron chi connectivity index (χ3n) is 5.84. The maximum absolute atomic E-state index is 12.1. The van der Waals surface area contributed by atoms with Gasteiger partial charge in [-0.15, -0.1) is 0 Å². The number of primary amides is 1. The van der Waals surface area contributed by atoms with Crippen molar-refractivity contribution in [3.63, 3.8) is 0 Å². The third kappa shape index (κ3) is 3.26. The molecule has 4 rings (SSSR count). The van der Waals surface area contributed by atoms with Crippen molar-refractivity contribution in [2.24, 2.45) is 5.73 Å². The van der Waals surface area contributed by atoms with E-state index in [0.717, 1.165) is 12.1 Å². The van der Waals surface area contributed by atoms with E-state index < -0.39 is 23.0 Å². The summed E-state index contributed by atoms with van der Waals surface area (Å²) in [7, 11) is 1.63. The van der Waals surface area contributed by atoms with Crippen LogP contribution in [0.25, 0.3) is 5.69 Å². The van der Waals surface area contributed by atoms with Crippen LogP contribution in [0.1, 0.15) is 53.5 Å². The second kappa shape index (κ2) is 6.97. The zero-order chi connectivity index (χ0) is 21.7. The summed E-state index contributed by atoms with van der Waals surface area (Å²) in [4.78, 5) is 25.5. The van der Waals surface area contributed by atoms with Gasteiger partial charge in [0.1, 0.15) is 0 Å². The standard InChI is InChI=1S/C22H24N4O4/c1-21(29)9-4-7-16-17(21)18(19(23)27)24-26(16)15-6-3-5-14(13-15)8-10-22(30)11-12-25(2)20(22)28/h3,5-6,13,29-30H,4,7,9,11-12H2,1-2H3,(H2,23,27)/t21-,22+/m1/s1. The van der Waals surface area contributed by atoms with E-state index in [1.165, 1.54) is 4.90 Å². The molecule has 2 aromatic rings. The van der Waals surface area contributed by atoms with Gasteiger partial charge >= 0.3 is 0 Å². The number of nitrogens with two attached hydrogens (primary N) is 1. The van der Waals surface area contributed by atoms with Crippen LogP contribution < -0.4 is 5.73 Å². The number of nitrogens with zero attached hydrogens (tertiary/aromatic N) is 3. The Bertz CT molecular complexity index is 1110. The van der Waals surface area contributed by atoms with Crippen molar-refractivity contribution < 1.29 is 19.8 Å². The van der Waals surface area contributed by atoms with E-state index in [9.17, 15) is 19.8 Å². The van der Waals surface area contributed by atoms with Crippen LogP contribution in [0.3, 0.4) is 0 Å². The highest BCUT2D eigenvalue weighted by molar-refractivity contribution is 5.93. The molecule has 4 N–H and O–H groups in total. The van der Waals surface area contributed by atoms with Gasteiger partial charge in [-0.05, 0) is 44.4 Å². The van der Waals surface area contributed by atoms with Gasteiger partial charge in [-0.2, -0.15) is 5.10 Å². The number of rotatable bonds is 2. The highest BCUT2D eigenvalue weighted by atomic mass is 16.3. The first-order valence-electron chi connectivity index (χ1n) is 9.88. The van der Waals surface area contributed by atoms with Gasteiger partial charge in [-0.1, -0.05) is 17.9 Å². The van der Waals surface area contributed by atoms with Gasteiger partial charge in [-0.3, -0.25) is 9.59 Å². The summed E-state index contributed by atoms with van der Waals surface area (Å²) < 4.78 is 1.62. The zero-order valence-electron chi connectivity index (χ0n) is 17.0. The fourth-order valence-corrected chi connectivity index (χ4v) is 4.22. The monoisotopic (exact) mass is 408 g/mol. The van der Waals surface area contributed by atoms with Crippen LogP contribution >= 0.6 is 0 Å². The molecule has 2 heterocycles. The van der Waals surface area contributed by atoms with E-state index in [1.807, 2.05) is 6.07 Å². The minimum absolute atomic E-state index is 0.0695. The molecule has 2 amide bonds. The molecular formula is C22H24N4O4. The van der Waals surface area contributed by atoms with Gasteiger partial charge < -0.3 is 20.8 Å². The molecule has 156 valence electrons. The van der Waals surface area contributed by atoms with Gasteiger partial charge in [0.25, 0.3) is 11.8 Å². The van der Waals surface area contributed by atoms with Crippen molar-refractivity contribution in [3.8, 4) is 17.5 Å². The van der Waals surface area contributed by atoms with E-state index in [2.05, 4.69) is 16.9 Å². The van der Waals surface area contributed by atoms with Gasteiger partial charge in [0.2, 0.25) is 5.60 Å². The summed E-state index contributed by atoms with van der Waals surface area (Å²) in [6.45, 7) is 2.13. The van der Waals surface area contributed by atoms with E-state index in [0.29, 0.717) is 36.2 Å². The van der Waals surface area contributed by atoms with Gasteiger partial charge in [-0.25, -0.2) is 4.68 Å². The summed E-state index contributed by atoms with van der Waals surface area (Å²) in [6, 6.07) is 7.13. The first kappa shape index (κ1) is 20.1. The van der Waals surface area contributed by atoms with Crippen LogP contribution in [0.2, 0.25) is 0 Å². The third-order valence-corrected chi connectivity index (χ3v) is 5.84. The highest BCUT2D eigenvalue weighted by Gasteiger charge is 2.42. The molecule has 8 nitrogen and oxygen atoms in total. The molecule has 0 unspecified atom stereocenters. The second-order valence-electron chi connectivity index (χ2n) is 8.21. The number of carbonyl (C=O) groups is 2. The van der Waals surface area contributed by atoms with E-state index in [4.69, 9.17) is 5.73 Å². The number of fused-ring (bicyclic) bond motifs is 1. The SMILES string of the molecule is CN1CC[C@@](O)(C#Cc2cccc(-n3nc(C(N)=O)c4c3CCC[C@@]4(C)O)c2)C1=O. The number of hydrogen-bond acceptors (Lipinski definition) is 5. The number of likely N-dealkylation sites (tertiary alicyclic amines) is 1. The molecule has 1 aromatic heterocycles. The minimum Gasteiger partial charge on any atom is -0.385 e. The lowest BCUT2D eigenvalue weighted by atomic mass is 9.82. The molecule has 2 atom stereocenters. The summed E-state index contributed by atoms with van der Waals surface area (Å²) in [5, 5.41) is 25.7. The lowest BCUT2D eigenvalue weighted by molar-refractivity contribution is -0.137. The molecule has 1 aliphatic heterocycles. The molecular weight excluding hydrogens is 384 g/mol. The zero-order valence-corrected chi connectivity index (χ0v) is 17.0. The molecule has 30 heavy (non-hydrogen) atoms. The molecule has 1 fully saturated rings. The summed E-state index contributed by atoms with van der Waals surface area (Å²) in [6.07, 6.45) is 2.20. The summed E-state index contributed by atoms with van der Waals surface area (Å²) in [5.74, 6) is 4.50. The molecule has 0 saturated carbocycles. The normalized spacial score (nSPS) is 25.6. The smallest absolute Gasteiger partial charge is 0.269 e. The number of benzene rings is 1. The van der Waals surface area contributed by atoms with Gasteiger partial charge in [0.05, 0.1) is 17.0 Å². The predicted octanol–water partition coefficient (Wildman–Crippen LogP) is 0.460. The Labute approximate surface area is 174 Å². The van der Waals surface area contributed by atoms with Gasteiger partial charge in [0.15, 0.2) is 5.69 Å². The Balaban J connectivity index is 1.75. The van der Waals surface area contributed by atoms with Crippen LogP contribution in [-0.4, -0.2) is 55.9 Å². The van der Waals surface area contributed by atoms with Gasteiger partial charge in [0, 0.05) is 31.1 Å². The molecule has 1 saturated heterocycles. The lowest BCUT2D eigenvalue weighted by Crippen LogP contribution is -2.37. The fourth-order valence-electron chi connectivity index (χ4n) is 4.22. The molecule has 0 bridgehead atoms. The summed E-state index contributed by atoms with van der Waals surface area (Å²) in [5.41, 5.74) is 5.22. The fraction of sp³-hybridized carbons (Fsp3) is 0.409. The van der Waals surface area contributed by atoms with Crippen LogP contribution in [0.4, 0.5) is 0 Å². The summed E-state index contributed by atoms with van der Waals surface area (Å²) >= 11 is 0. The second-order valence-corrected chi connectivity index (χ2v) is 8.21. The maximum atomic E-state index is 12.1. The largest absolute Gasteiger partial charge is 0.385 e. The Morgan fingerprint density at radius 1 is 1.30 bits per heavy atom. The van der Waals surface area contributed by atoms with Crippen molar-refractivity contribution in [1.82, 2.24) is 14.7 Å². The number of carbonyl (C=O) groups excluding carboxylic acids is 2. The van der Waals surface area contributed by atoms with Crippen LogP contribution in [0, 0.1) is 11.8 Å². The van der Waals surface area contributed by atoms with Crippen LogP contribution in [0.15, 0.2) is 24.3 Å². The predicted molar refractivity (Wildman–Crippen MR) is 109 cm³/mol. The van der Waals surface area contributed by atoms with Crippen molar-refractivity contribution in [3.05, 3.63) is 46.8 Å². The molecule has 1 aromatic carbocycles. The Morgan fingerprint density at radius 3 is 2.73 bits per heavy atom. The van der Waals surface area contributed by atoms with Crippen molar-refractivity contribution in [2.45, 2.75) is 43.8 Å². The topological polar surface area (TPSA) is 122 Å². The Kier molecular flexibility index (Phi) is 4.68. The molecule has 2 aliphatic rings. The number of likely N-dealkylation sites (N-methyl/N-ethyl adjacent to an activating group) is 1. The minimum atomic E-state index is -1.67. The molecule has 8 heteroatoms. The Morgan fingerprint density at radius 2 is 2.07 bits per heavy atom. The van der Waals surface area contributed by atoms with Crippen LogP contribution in [0.5, 0.6) is 0 Å². The van der Waals surface area contributed by atoms with Crippen molar-refractivity contribution in [2.75, 3.05) is 13.6 Å². The average Bonchev–Trinajstić information content (AvgIpc) is 3.22. The average molecular weight is 408 g/mol. The number of amides is 2. The number of aliphatic hydroxyl groups is 2. The molecule has 1 aliphatic carbocycles. The lowest BCUT2D eigenvalue weighted by Gasteiger charge is -2.29. The van der Waals surface area contributed by atoms with Crippen molar-refractivity contribution >= 4 is 11.8 Å². The highest BCUT2D eigenvalue weighted by Crippen LogP contribution is 2.38. The van der Waals surface area contributed by atoms with E-state index in [-0.39, 0.29) is 12.1 Å². The van der Waals surface area contributed by atoms with E-state index >= 15 is 0 Å².